The molecule has 0 aliphatic carbocycles. The molecule has 1 rings (SSSR count). The van der Waals surface area contributed by atoms with Gasteiger partial charge in [0.1, 0.15) is 5.60 Å². The van der Waals surface area contributed by atoms with E-state index in [0.29, 0.717) is 10.7 Å². The fraction of sp³-hybridized carbons (Fsp3) is 0.364. The van der Waals surface area contributed by atoms with Gasteiger partial charge in [0.25, 0.3) is 5.91 Å². The van der Waals surface area contributed by atoms with Crippen LogP contribution in [0.1, 0.15) is 19.4 Å². The number of nitrogens with one attached hydrogen (secondary N) is 1. The van der Waals surface area contributed by atoms with Crippen molar-refractivity contribution in [3.05, 3.63) is 28.8 Å². The Hall–Kier alpha value is -1.06. The molecule has 0 spiro atoms. The van der Waals surface area contributed by atoms with Gasteiger partial charge in [-0.2, -0.15) is 0 Å². The first kappa shape index (κ1) is 12.0. The zero-order valence-corrected chi connectivity index (χ0v) is 9.72. The molecule has 0 aromatic heterocycles. The monoisotopic (exact) mass is 227 g/mol. The van der Waals surface area contributed by atoms with Crippen LogP contribution >= 0.6 is 11.6 Å². The van der Waals surface area contributed by atoms with Crippen molar-refractivity contribution in [3.63, 3.8) is 0 Å². The Kier molecular flexibility index (Phi) is 3.37. The maximum absolute atomic E-state index is 11.5. The first-order valence-corrected chi connectivity index (χ1v) is 4.99. The smallest absolute Gasteiger partial charge is 0.255 e. The van der Waals surface area contributed by atoms with Crippen LogP contribution in [0.3, 0.4) is 0 Å². The van der Waals surface area contributed by atoms with Crippen LogP contribution in [0.5, 0.6) is 0 Å². The number of benzene rings is 1. The van der Waals surface area contributed by atoms with Crippen molar-refractivity contribution >= 4 is 23.2 Å². The molecular formula is C11H14ClNO2. The van der Waals surface area contributed by atoms with E-state index in [4.69, 9.17) is 11.6 Å². The van der Waals surface area contributed by atoms with Gasteiger partial charge in [-0.15, -0.1) is 0 Å². The lowest BCUT2D eigenvalue weighted by molar-refractivity contribution is -0.130. The zero-order chi connectivity index (χ0) is 11.6. The molecule has 0 fully saturated rings. The maximum atomic E-state index is 11.5. The molecule has 0 aliphatic heterocycles. The number of carbonyl (C=O) groups is 1. The van der Waals surface area contributed by atoms with Crippen LogP contribution < -0.4 is 5.32 Å². The van der Waals surface area contributed by atoms with Crippen LogP contribution in [-0.2, 0) is 4.79 Å². The second-order valence-electron chi connectivity index (χ2n) is 3.93. The molecule has 0 bridgehead atoms. The van der Waals surface area contributed by atoms with E-state index in [2.05, 4.69) is 5.32 Å². The van der Waals surface area contributed by atoms with E-state index in [1.54, 1.807) is 18.2 Å². The van der Waals surface area contributed by atoms with E-state index in [9.17, 15) is 9.90 Å². The molecule has 0 radical (unpaired) electrons. The molecule has 4 heteroatoms. The predicted octanol–water partition coefficient (Wildman–Crippen LogP) is 2.36. The van der Waals surface area contributed by atoms with Crippen molar-refractivity contribution < 1.29 is 9.90 Å². The summed E-state index contributed by atoms with van der Waals surface area (Å²) in [5, 5.41) is 12.7. The summed E-state index contributed by atoms with van der Waals surface area (Å²) in [5.41, 5.74) is 0.0146. The van der Waals surface area contributed by atoms with Crippen molar-refractivity contribution in [1.29, 1.82) is 0 Å². The molecule has 0 aliphatic rings. The topological polar surface area (TPSA) is 49.3 Å². The molecule has 0 unspecified atom stereocenters. The number of hydrogen-bond donors (Lipinski definition) is 2. The third-order valence-electron chi connectivity index (χ3n) is 2.07. The summed E-state index contributed by atoms with van der Waals surface area (Å²) < 4.78 is 0. The van der Waals surface area contributed by atoms with Gasteiger partial charge in [-0.3, -0.25) is 4.79 Å². The van der Waals surface area contributed by atoms with Crippen molar-refractivity contribution in [3.8, 4) is 0 Å². The average Bonchev–Trinajstić information content (AvgIpc) is 2.11. The van der Waals surface area contributed by atoms with Crippen LogP contribution in [0.15, 0.2) is 18.2 Å². The average molecular weight is 228 g/mol. The van der Waals surface area contributed by atoms with E-state index in [-0.39, 0.29) is 0 Å². The third kappa shape index (κ3) is 2.94. The van der Waals surface area contributed by atoms with Crippen molar-refractivity contribution in [2.75, 3.05) is 5.32 Å². The molecule has 2 N–H and O–H groups in total. The van der Waals surface area contributed by atoms with E-state index in [0.717, 1.165) is 5.56 Å². The highest BCUT2D eigenvalue weighted by molar-refractivity contribution is 6.31. The third-order valence-corrected chi connectivity index (χ3v) is 2.48. The van der Waals surface area contributed by atoms with Crippen LogP contribution in [0.2, 0.25) is 5.02 Å². The second kappa shape index (κ2) is 4.21. The van der Waals surface area contributed by atoms with Crippen molar-refractivity contribution in [1.82, 2.24) is 0 Å². The molecule has 1 aromatic carbocycles. The fourth-order valence-electron chi connectivity index (χ4n) is 1.02. The Morgan fingerprint density at radius 1 is 1.47 bits per heavy atom. The van der Waals surface area contributed by atoms with Crippen molar-refractivity contribution in [2.24, 2.45) is 0 Å². The molecule has 1 amide bonds. The molecule has 82 valence electrons. The minimum atomic E-state index is -1.39. The highest BCUT2D eigenvalue weighted by atomic mass is 35.5. The van der Waals surface area contributed by atoms with Crippen LogP contribution in [0.25, 0.3) is 0 Å². The van der Waals surface area contributed by atoms with Crippen LogP contribution in [0, 0.1) is 6.92 Å². The van der Waals surface area contributed by atoms with E-state index >= 15 is 0 Å². The van der Waals surface area contributed by atoms with Crippen LogP contribution in [-0.4, -0.2) is 16.6 Å². The Labute approximate surface area is 94.1 Å². The number of anilines is 1. The molecule has 0 heterocycles. The number of rotatable bonds is 2. The van der Waals surface area contributed by atoms with Gasteiger partial charge in [0.2, 0.25) is 0 Å². The summed E-state index contributed by atoms with van der Waals surface area (Å²) >= 11 is 5.90. The molecule has 0 saturated carbocycles. The Balaban J connectivity index is 2.91. The summed E-state index contributed by atoms with van der Waals surface area (Å²) in [6.07, 6.45) is 0. The van der Waals surface area contributed by atoms with Crippen molar-refractivity contribution in [2.45, 2.75) is 26.4 Å². The van der Waals surface area contributed by atoms with E-state index in [1.807, 2.05) is 6.92 Å². The lowest BCUT2D eigenvalue weighted by Gasteiger charge is -2.17. The summed E-state index contributed by atoms with van der Waals surface area (Å²) in [6, 6.07) is 5.23. The minimum Gasteiger partial charge on any atom is -0.381 e. The largest absolute Gasteiger partial charge is 0.381 e. The summed E-state index contributed by atoms with van der Waals surface area (Å²) in [7, 11) is 0. The maximum Gasteiger partial charge on any atom is 0.255 e. The lowest BCUT2D eigenvalue weighted by Crippen LogP contribution is -2.36. The number of amides is 1. The fourth-order valence-corrected chi connectivity index (χ4v) is 1.19. The van der Waals surface area contributed by atoms with E-state index in [1.165, 1.54) is 13.8 Å². The van der Waals surface area contributed by atoms with Gasteiger partial charge in [-0.25, -0.2) is 0 Å². The number of aliphatic hydroxyl groups is 1. The van der Waals surface area contributed by atoms with Gasteiger partial charge in [-0.05, 0) is 38.5 Å². The number of halogens is 1. The lowest BCUT2D eigenvalue weighted by atomic mass is 10.1. The first-order valence-electron chi connectivity index (χ1n) is 4.61. The molecule has 0 atom stereocenters. The van der Waals surface area contributed by atoms with Gasteiger partial charge in [0, 0.05) is 10.7 Å². The molecule has 0 saturated heterocycles. The first-order chi connectivity index (χ1) is 6.82. The van der Waals surface area contributed by atoms with Gasteiger partial charge in [0.05, 0.1) is 0 Å². The SMILES string of the molecule is Cc1c(Cl)cccc1NC(=O)C(C)(C)O. The number of carbonyl (C=O) groups excluding carboxylic acids is 1. The Bertz CT molecular complexity index is 383. The van der Waals surface area contributed by atoms with Gasteiger partial charge < -0.3 is 10.4 Å². The quantitative estimate of drug-likeness (QED) is 0.815. The molecule has 3 nitrogen and oxygen atoms in total. The van der Waals surface area contributed by atoms with E-state index < -0.39 is 11.5 Å². The summed E-state index contributed by atoms with van der Waals surface area (Å²) in [6.45, 7) is 4.67. The minimum absolute atomic E-state index is 0.451. The number of hydrogen-bond acceptors (Lipinski definition) is 2. The highest BCUT2D eigenvalue weighted by Crippen LogP contribution is 2.23. The standard InChI is InChI=1S/C11H14ClNO2/c1-7-8(12)5-4-6-9(7)13-10(14)11(2,3)15/h4-6,15H,1-3H3,(H,13,14). The highest BCUT2D eigenvalue weighted by Gasteiger charge is 2.24. The second-order valence-corrected chi connectivity index (χ2v) is 4.33. The molecule has 1 aromatic rings. The molecular weight excluding hydrogens is 214 g/mol. The normalized spacial score (nSPS) is 11.3. The van der Waals surface area contributed by atoms with Crippen LogP contribution in [0.4, 0.5) is 5.69 Å². The zero-order valence-electron chi connectivity index (χ0n) is 8.97. The Morgan fingerprint density at radius 3 is 2.60 bits per heavy atom. The van der Waals surface area contributed by atoms with Gasteiger partial charge >= 0.3 is 0 Å². The Morgan fingerprint density at radius 2 is 2.07 bits per heavy atom. The predicted molar refractivity (Wildman–Crippen MR) is 61.1 cm³/mol. The molecule has 15 heavy (non-hydrogen) atoms. The summed E-state index contributed by atoms with van der Waals surface area (Å²) in [5.74, 6) is -0.451. The summed E-state index contributed by atoms with van der Waals surface area (Å²) in [4.78, 5) is 11.5. The van der Waals surface area contributed by atoms with Gasteiger partial charge in [-0.1, -0.05) is 17.7 Å². The van der Waals surface area contributed by atoms with Gasteiger partial charge in [0.15, 0.2) is 0 Å².